The molecule has 36 heavy (non-hydrogen) atoms. The molecule has 2 aliphatic carbocycles. The van der Waals surface area contributed by atoms with Crippen molar-refractivity contribution in [3.05, 3.63) is 34.9 Å². The highest BCUT2D eigenvalue weighted by Gasteiger charge is 2.37. The maximum atomic E-state index is 13.4. The molecule has 5 rings (SSSR count). The van der Waals surface area contributed by atoms with Gasteiger partial charge in [-0.15, -0.1) is 10.2 Å². The number of rotatable bonds is 7. The lowest BCUT2D eigenvalue weighted by atomic mass is 9.82. The zero-order valence-corrected chi connectivity index (χ0v) is 21.0. The molecule has 3 fully saturated rings. The van der Waals surface area contributed by atoms with Crippen LogP contribution in [0.15, 0.2) is 22.6 Å². The minimum Gasteiger partial charge on any atom is -0.420 e. The van der Waals surface area contributed by atoms with Crippen molar-refractivity contribution in [1.82, 2.24) is 26.1 Å². The fourth-order valence-electron chi connectivity index (χ4n) is 5.78. The Hall–Kier alpha value is -2.52. The Morgan fingerprint density at radius 2 is 1.94 bits per heavy atom. The summed E-state index contributed by atoms with van der Waals surface area (Å²) in [5.74, 6) is 0.871. The first-order chi connectivity index (χ1) is 17.5. The first-order valence-electron chi connectivity index (χ1n) is 13.1. The van der Waals surface area contributed by atoms with E-state index in [1.54, 1.807) is 6.07 Å². The number of nitrogens with zero attached hydrogens (tertiary/aromatic N) is 2. The van der Waals surface area contributed by atoms with E-state index in [2.05, 4.69) is 26.1 Å². The number of hydrogen-bond donors (Lipinski definition) is 3. The van der Waals surface area contributed by atoms with E-state index in [0.29, 0.717) is 23.8 Å². The molecule has 3 atom stereocenters. The third kappa shape index (κ3) is 5.89. The van der Waals surface area contributed by atoms with Gasteiger partial charge in [0.1, 0.15) is 5.82 Å². The van der Waals surface area contributed by atoms with Gasteiger partial charge in [-0.05, 0) is 69.6 Å². The van der Waals surface area contributed by atoms with Crippen LogP contribution in [0, 0.1) is 11.7 Å². The summed E-state index contributed by atoms with van der Waals surface area (Å²) < 4.78 is 19.3. The van der Waals surface area contributed by atoms with E-state index in [9.17, 15) is 14.0 Å². The van der Waals surface area contributed by atoms with Crippen LogP contribution in [-0.2, 0) is 9.59 Å². The van der Waals surface area contributed by atoms with Crippen LogP contribution in [0.3, 0.4) is 0 Å². The number of hydrogen-bond acceptors (Lipinski definition) is 6. The molecule has 0 spiro atoms. The van der Waals surface area contributed by atoms with Gasteiger partial charge in [0.25, 0.3) is 0 Å². The maximum absolute atomic E-state index is 13.4. The van der Waals surface area contributed by atoms with Crippen molar-refractivity contribution in [1.29, 1.82) is 0 Å². The number of nitrogens with one attached hydrogen (secondary N) is 3. The quantitative estimate of drug-likeness (QED) is 0.501. The Kier molecular flexibility index (Phi) is 7.86. The molecular weight excluding hydrogens is 485 g/mol. The number of carbonyl (C=O) groups excluding carboxylic acids is 2. The molecule has 3 N–H and O–H groups in total. The van der Waals surface area contributed by atoms with Crippen LogP contribution >= 0.6 is 11.6 Å². The molecule has 2 saturated carbocycles. The van der Waals surface area contributed by atoms with Gasteiger partial charge in [0, 0.05) is 30.0 Å². The highest BCUT2D eigenvalue weighted by atomic mass is 35.5. The number of fused-ring (bicyclic) bond motifs is 1. The van der Waals surface area contributed by atoms with Crippen molar-refractivity contribution < 1.29 is 18.4 Å². The summed E-state index contributed by atoms with van der Waals surface area (Å²) in [7, 11) is 0. The molecule has 0 bridgehead atoms. The van der Waals surface area contributed by atoms with Gasteiger partial charge in [-0.25, -0.2) is 4.39 Å². The molecule has 1 aromatic heterocycles. The van der Waals surface area contributed by atoms with Crippen molar-refractivity contribution in [2.24, 2.45) is 5.92 Å². The smallest absolute Gasteiger partial charge is 0.247 e. The third-order valence-electron chi connectivity index (χ3n) is 7.78. The molecule has 2 heterocycles. The van der Waals surface area contributed by atoms with E-state index >= 15 is 0 Å². The predicted molar refractivity (Wildman–Crippen MR) is 133 cm³/mol. The molecule has 8 nitrogen and oxygen atoms in total. The summed E-state index contributed by atoms with van der Waals surface area (Å²) in [6, 6.07) is 4.75. The second-order valence-corrected chi connectivity index (χ2v) is 10.7. The Balaban J connectivity index is 1.03. The number of amides is 2. The number of halogens is 2. The molecular formula is C26H33ClFN5O3. The van der Waals surface area contributed by atoms with E-state index in [1.165, 1.54) is 18.6 Å². The third-order valence-corrected chi connectivity index (χ3v) is 8.07. The van der Waals surface area contributed by atoms with Crippen molar-refractivity contribution >= 4 is 23.4 Å². The second kappa shape index (κ2) is 11.3. The van der Waals surface area contributed by atoms with Gasteiger partial charge in [0.2, 0.25) is 23.6 Å². The van der Waals surface area contributed by atoms with Gasteiger partial charge in [0.05, 0.1) is 17.1 Å². The van der Waals surface area contributed by atoms with Crippen LogP contribution in [-0.4, -0.2) is 40.3 Å². The number of benzene rings is 1. The van der Waals surface area contributed by atoms with Crippen LogP contribution < -0.4 is 16.0 Å². The van der Waals surface area contributed by atoms with Gasteiger partial charge in [-0.2, -0.15) is 0 Å². The summed E-state index contributed by atoms with van der Waals surface area (Å²) >= 11 is 5.86. The maximum Gasteiger partial charge on any atom is 0.247 e. The van der Waals surface area contributed by atoms with Crippen molar-refractivity contribution in [2.75, 3.05) is 0 Å². The molecule has 194 valence electrons. The zero-order valence-electron chi connectivity index (χ0n) is 20.3. The average Bonchev–Trinajstić information content (AvgIpc) is 3.37. The molecule has 0 radical (unpaired) electrons. The zero-order chi connectivity index (χ0) is 25.1. The van der Waals surface area contributed by atoms with Crippen LogP contribution in [0.5, 0.6) is 0 Å². The number of aromatic nitrogens is 2. The average molecular weight is 518 g/mol. The van der Waals surface area contributed by atoms with Crippen LogP contribution in [0.4, 0.5) is 4.39 Å². The lowest BCUT2D eigenvalue weighted by molar-refractivity contribution is -0.130. The Morgan fingerprint density at radius 1 is 1.14 bits per heavy atom. The van der Waals surface area contributed by atoms with E-state index in [0.717, 1.165) is 57.8 Å². The van der Waals surface area contributed by atoms with Gasteiger partial charge in [-0.3, -0.25) is 14.9 Å². The van der Waals surface area contributed by atoms with Gasteiger partial charge in [0.15, 0.2) is 0 Å². The molecule has 1 saturated heterocycles. The van der Waals surface area contributed by atoms with Crippen molar-refractivity contribution in [3.8, 4) is 11.5 Å². The summed E-state index contributed by atoms with van der Waals surface area (Å²) in [6.45, 7) is 0. The molecule has 2 amide bonds. The highest BCUT2D eigenvalue weighted by Crippen LogP contribution is 2.34. The largest absolute Gasteiger partial charge is 0.420 e. The van der Waals surface area contributed by atoms with Crippen LogP contribution in [0.25, 0.3) is 11.5 Å². The minimum absolute atomic E-state index is 0.0149. The van der Waals surface area contributed by atoms with E-state index in [-0.39, 0.29) is 46.9 Å². The lowest BCUT2D eigenvalue weighted by Gasteiger charge is -2.40. The first-order valence-corrected chi connectivity index (χ1v) is 13.5. The SMILES string of the molecule is O=C(CCCC1NC(=O)C2CCCCC2N1)NC1CCC(c2nnc(-c3ccc(F)c(Cl)c3)o2)CC1. The van der Waals surface area contributed by atoms with E-state index < -0.39 is 5.82 Å². The standard InChI is InChI=1S/C26H33ClFN5O3/c27-19-14-16(10-13-20(19)28)26-33-32-25(36-26)15-8-11-17(12-9-15)29-23(34)7-3-6-22-30-21-5-2-1-4-18(21)24(35)31-22/h10,13-15,17-18,21-22,30H,1-9,11-12H2,(H,29,34)(H,31,35). The normalized spacial score (nSPS) is 28.3. The topological polar surface area (TPSA) is 109 Å². The fraction of sp³-hybridized carbons (Fsp3) is 0.615. The highest BCUT2D eigenvalue weighted by molar-refractivity contribution is 6.31. The Bertz CT molecular complexity index is 1090. The van der Waals surface area contributed by atoms with Gasteiger partial charge in [-0.1, -0.05) is 24.4 Å². The summed E-state index contributed by atoms with van der Waals surface area (Å²) in [5.41, 5.74) is 0.586. The molecule has 10 heteroatoms. The summed E-state index contributed by atoms with van der Waals surface area (Å²) in [5, 5.41) is 18.1. The first kappa shape index (κ1) is 25.1. The Labute approximate surface area is 215 Å². The summed E-state index contributed by atoms with van der Waals surface area (Å²) in [4.78, 5) is 24.9. The minimum atomic E-state index is -0.490. The molecule has 1 aliphatic heterocycles. The molecule has 2 aromatic rings. The van der Waals surface area contributed by atoms with Crippen molar-refractivity contribution in [2.45, 2.75) is 94.8 Å². The number of carbonyl (C=O) groups is 2. The molecule has 3 unspecified atom stereocenters. The van der Waals surface area contributed by atoms with Gasteiger partial charge < -0.3 is 15.1 Å². The lowest BCUT2D eigenvalue weighted by Crippen LogP contribution is -2.62. The van der Waals surface area contributed by atoms with E-state index in [4.69, 9.17) is 16.0 Å². The van der Waals surface area contributed by atoms with Crippen LogP contribution in [0.1, 0.15) is 82.4 Å². The monoisotopic (exact) mass is 517 g/mol. The molecule has 3 aliphatic rings. The Morgan fingerprint density at radius 3 is 2.75 bits per heavy atom. The fourth-order valence-corrected chi connectivity index (χ4v) is 5.96. The predicted octanol–water partition coefficient (Wildman–Crippen LogP) is 4.45. The van der Waals surface area contributed by atoms with E-state index in [1.807, 2.05) is 0 Å². The second-order valence-electron chi connectivity index (χ2n) is 10.3. The van der Waals surface area contributed by atoms with Crippen molar-refractivity contribution in [3.63, 3.8) is 0 Å². The van der Waals surface area contributed by atoms with Gasteiger partial charge >= 0.3 is 0 Å². The molecule has 1 aromatic carbocycles. The summed E-state index contributed by atoms with van der Waals surface area (Å²) in [6.07, 6.45) is 9.62. The van der Waals surface area contributed by atoms with Crippen LogP contribution in [0.2, 0.25) is 5.02 Å².